The quantitative estimate of drug-likeness (QED) is 0.691. The normalized spacial score (nSPS) is 12.4. The highest BCUT2D eigenvalue weighted by Crippen LogP contribution is 2.31. The van der Waals surface area contributed by atoms with Crippen molar-refractivity contribution in [1.29, 1.82) is 0 Å². The van der Waals surface area contributed by atoms with Crippen LogP contribution in [0.4, 0.5) is 4.39 Å². The Morgan fingerprint density at radius 2 is 2.00 bits per heavy atom. The van der Waals surface area contributed by atoms with Gasteiger partial charge in [-0.05, 0) is 47.6 Å². The van der Waals surface area contributed by atoms with E-state index in [0.717, 1.165) is 27.9 Å². The first-order valence-corrected chi connectivity index (χ1v) is 8.76. The Bertz CT molecular complexity index is 603. The highest BCUT2D eigenvalue weighted by atomic mass is 79.9. The lowest BCUT2D eigenvalue weighted by atomic mass is 10.0. The fourth-order valence-corrected chi connectivity index (χ4v) is 3.82. The van der Waals surface area contributed by atoms with Gasteiger partial charge in [-0.3, -0.25) is 0 Å². The highest BCUT2D eigenvalue weighted by molar-refractivity contribution is 9.10. The Labute approximate surface area is 138 Å². The zero-order valence-electron chi connectivity index (χ0n) is 12.2. The maximum absolute atomic E-state index is 14.1. The number of benzene rings is 2. The maximum Gasteiger partial charge on any atom is 0.128 e. The molecule has 0 fully saturated rings. The van der Waals surface area contributed by atoms with Crippen molar-refractivity contribution in [2.24, 2.45) is 0 Å². The summed E-state index contributed by atoms with van der Waals surface area (Å²) in [6.07, 6.45) is 0. The van der Waals surface area contributed by atoms with E-state index >= 15 is 0 Å². The van der Waals surface area contributed by atoms with Crippen LogP contribution in [-0.4, -0.2) is 12.3 Å². The molecule has 0 heterocycles. The summed E-state index contributed by atoms with van der Waals surface area (Å²) in [6.45, 7) is 4.85. The first kappa shape index (κ1) is 16.5. The van der Waals surface area contributed by atoms with Crippen LogP contribution in [0, 0.1) is 12.7 Å². The summed E-state index contributed by atoms with van der Waals surface area (Å²) in [4.78, 5) is 1.17. The number of aryl methyl sites for hydroxylation is 1. The number of thioether (sulfide) groups is 1. The van der Waals surface area contributed by atoms with Crippen LogP contribution in [0.25, 0.3) is 0 Å². The second kappa shape index (κ2) is 7.97. The van der Waals surface area contributed by atoms with Crippen LogP contribution in [-0.2, 0) is 0 Å². The molecule has 1 atom stereocenters. The van der Waals surface area contributed by atoms with Crippen molar-refractivity contribution in [2.75, 3.05) is 12.3 Å². The molecule has 4 heteroatoms. The molecule has 0 saturated carbocycles. The van der Waals surface area contributed by atoms with E-state index in [1.807, 2.05) is 44.2 Å². The lowest BCUT2D eigenvalue weighted by Gasteiger charge is -2.19. The van der Waals surface area contributed by atoms with Gasteiger partial charge in [-0.15, -0.1) is 11.8 Å². The molecule has 2 aromatic carbocycles. The minimum Gasteiger partial charge on any atom is -0.309 e. The molecule has 1 unspecified atom stereocenters. The average Bonchev–Trinajstić information content (AvgIpc) is 2.48. The molecule has 1 nitrogen and oxygen atoms in total. The van der Waals surface area contributed by atoms with E-state index in [2.05, 4.69) is 27.3 Å². The van der Waals surface area contributed by atoms with Gasteiger partial charge in [0.2, 0.25) is 0 Å². The summed E-state index contributed by atoms with van der Waals surface area (Å²) in [5.41, 5.74) is 1.83. The van der Waals surface area contributed by atoms with E-state index in [9.17, 15) is 4.39 Å². The number of hydrogen-bond acceptors (Lipinski definition) is 2. The molecule has 1 N–H and O–H groups in total. The third-order valence-electron chi connectivity index (χ3n) is 3.22. The average molecular weight is 368 g/mol. The van der Waals surface area contributed by atoms with Crippen LogP contribution < -0.4 is 5.32 Å². The van der Waals surface area contributed by atoms with Crippen LogP contribution >= 0.6 is 27.7 Å². The Morgan fingerprint density at radius 1 is 1.24 bits per heavy atom. The van der Waals surface area contributed by atoms with Gasteiger partial charge in [0.15, 0.2) is 0 Å². The summed E-state index contributed by atoms with van der Waals surface area (Å²) in [5, 5.41) is 3.38. The second-order valence-corrected chi connectivity index (χ2v) is 6.79. The van der Waals surface area contributed by atoms with Crippen LogP contribution in [0.5, 0.6) is 0 Å². The van der Waals surface area contributed by atoms with Crippen LogP contribution in [0.3, 0.4) is 0 Å². The van der Waals surface area contributed by atoms with Crippen molar-refractivity contribution in [2.45, 2.75) is 24.8 Å². The van der Waals surface area contributed by atoms with E-state index in [1.54, 1.807) is 17.8 Å². The molecule has 21 heavy (non-hydrogen) atoms. The topological polar surface area (TPSA) is 12.0 Å². The van der Waals surface area contributed by atoms with E-state index in [0.29, 0.717) is 0 Å². The van der Waals surface area contributed by atoms with Gasteiger partial charge in [-0.25, -0.2) is 4.39 Å². The van der Waals surface area contributed by atoms with Crippen molar-refractivity contribution in [3.8, 4) is 0 Å². The smallest absolute Gasteiger partial charge is 0.128 e. The van der Waals surface area contributed by atoms with Gasteiger partial charge < -0.3 is 5.32 Å². The predicted octanol–water partition coefficient (Wildman–Crippen LogP) is 5.34. The van der Waals surface area contributed by atoms with Crippen molar-refractivity contribution in [3.63, 3.8) is 0 Å². The first-order chi connectivity index (χ1) is 10.1. The number of hydrogen-bond donors (Lipinski definition) is 1. The minimum atomic E-state index is -0.140. The molecule has 0 aliphatic heterocycles. The molecule has 2 aromatic rings. The van der Waals surface area contributed by atoms with Gasteiger partial charge >= 0.3 is 0 Å². The van der Waals surface area contributed by atoms with E-state index in [1.165, 1.54) is 4.90 Å². The summed E-state index contributed by atoms with van der Waals surface area (Å²) in [7, 11) is 0. The Balaban J connectivity index is 2.16. The van der Waals surface area contributed by atoms with Crippen molar-refractivity contribution in [3.05, 3.63) is 63.9 Å². The summed E-state index contributed by atoms with van der Waals surface area (Å²) in [5.74, 6) is 0.649. The molecule has 0 saturated heterocycles. The SMILES string of the molecule is CCNC(CSc1ccccc1Br)c1cc(C)ccc1F. The van der Waals surface area contributed by atoms with E-state index in [4.69, 9.17) is 0 Å². The first-order valence-electron chi connectivity index (χ1n) is 6.98. The largest absolute Gasteiger partial charge is 0.309 e. The van der Waals surface area contributed by atoms with Crippen LogP contribution in [0.2, 0.25) is 0 Å². The van der Waals surface area contributed by atoms with Gasteiger partial charge in [0.25, 0.3) is 0 Å². The zero-order valence-corrected chi connectivity index (χ0v) is 14.6. The molecule has 0 aliphatic carbocycles. The molecule has 112 valence electrons. The second-order valence-electron chi connectivity index (χ2n) is 4.88. The van der Waals surface area contributed by atoms with Crippen LogP contribution in [0.1, 0.15) is 24.1 Å². The maximum atomic E-state index is 14.1. The lowest BCUT2D eigenvalue weighted by molar-refractivity contribution is 0.545. The standard InChI is InChI=1S/C17H19BrFNS/c1-3-20-16(13-10-12(2)8-9-15(13)19)11-21-17-7-5-4-6-14(17)18/h4-10,16,20H,3,11H2,1-2H3. The third-order valence-corrected chi connectivity index (χ3v) is 5.34. The Kier molecular flexibility index (Phi) is 6.27. The Hall–Kier alpha value is -0.840. The van der Waals surface area contributed by atoms with Gasteiger partial charge in [-0.2, -0.15) is 0 Å². The summed E-state index contributed by atoms with van der Waals surface area (Å²) in [6, 6.07) is 13.4. The molecule has 2 rings (SSSR count). The van der Waals surface area contributed by atoms with Gasteiger partial charge in [0, 0.05) is 26.7 Å². The molecule has 0 amide bonds. The molecule has 0 bridgehead atoms. The summed E-state index contributed by atoms with van der Waals surface area (Å²) >= 11 is 5.28. The number of nitrogens with one attached hydrogen (secondary N) is 1. The summed E-state index contributed by atoms with van der Waals surface area (Å²) < 4.78 is 15.2. The van der Waals surface area contributed by atoms with Crippen molar-refractivity contribution in [1.82, 2.24) is 5.32 Å². The lowest BCUT2D eigenvalue weighted by Crippen LogP contribution is -2.24. The molecular weight excluding hydrogens is 349 g/mol. The molecule has 0 aliphatic rings. The molecule has 0 spiro atoms. The van der Waals surface area contributed by atoms with Crippen molar-refractivity contribution >= 4 is 27.7 Å². The Morgan fingerprint density at radius 3 is 2.71 bits per heavy atom. The minimum absolute atomic E-state index is 0.00649. The third kappa shape index (κ3) is 4.56. The van der Waals surface area contributed by atoms with E-state index in [-0.39, 0.29) is 11.9 Å². The molecule has 0 radical (unpaired) electrons. The predicted molar refractivity (Wildman–Crippen MR) is 92.4 cm³/mol. The highest BCUT2D eigenvalue weighted by Gasteiger charge is 2.16. The van der Waals surface area contributed by atoms with Crippen molar-refractivity contribution < 1.29 is 4.39 Å². The number of rotatable bonds is 6. The van der Waals surface area contributed by atoms with Gasteiger partial charge in [-0.1, -0.05) is 36.8 Å². The fraction of sp³-hybridized carbons (Fsp3) is 0.294. The van der Waals surface area contributed by atoms with E-state index < -0.39 is 0 Å². The zero-order chi connectivity index (χ0) is 15.2. The monoisotopic (exact) mass is 367 g/mol. The van der Waals surface area contributed by atoms with Crippen LogP contribution in [0.15, 0.2) is 51.8 Å². The molecular formula is C17H19BrFNS. The van der Waals surface area contributed by atoms with Gasteiger partial charge in [0.1, 0.15) is 5.82 Å². The molecule has 0 aromatic heterocycles. The number of halogens is 2. The fourth-order valence-electron chi connectivity index (χ4n) is 2.17. The van der Waals surface area contributed by atoms with Gasteiger partial charge in [0.05, 0.1) is 0 Å².